The number of rotatable bonds is 6. The van der Waals surface area contributed by atoms with Crippen molar-refractivity contribution in [2.45, 2.75) is 32.7 Å². The highest BCUT2D eigenvalue weighted by Crippen LogP contribution is 2.26. The first-order valence-electron chi connectivity index (χ1n) is 7.28. The minimum absolute atomic E-state index is 0.0255. The molecule has 0 heterocycles. The van der Waals surface area contributed by atoms with Gasteiger partial charge in [0.2, 0.25) is 5.91 Å². The maximum Gasteiger partial charge on any atom is 0.251 e. The fraction of sp³-hybridized carbons (Fsp3) is 0.500. The Bertz CT molecular complexity index is 518. The molecule has 0 aromatic heterocycles. The van der Waals surface area contributed by atoms with Crippen molar-refractivity contribution in [1.82, 2.24) is 10.2 Å². The molecule has 21 heavy (non-hydrogen) atoms. The van der Waals surface area contributed by atoms with Crippen LogP contribution in [0.3, 0.4) is 0 Å². The van der Waals surface area contributed by atoms with Crippen LogP contribution in [0.25, 0.3) is 0 Å². The van der Waals surface area contributed by atoms with Crippen molar-refractivity contribution in [2.24, 2.45) is 0 Å². The Balaban J connectivity index is 1.92. The van der Waals surface area contributed by atoms with Crippen molar-refractivity contribution in [3.63, 3.8) is 0 Å². The normalized spacial score (nSPS) is 13.9. The van der Waals surface area contributed by atoms with Gasteiger partial charge in [-0.1, -0.05) is 17.2 Å². The number of hydrogen-bond acceptors (Lipinski definition) is 3. The Kier molecular flexibility index (Phi) is 4.96. The first kappa shape index (κ1) is 15.5. The van der Waals surface area contributed by atoms with E-state index in [1.54, 1.807) is 17.0 Å². The first-order chi connectivity index (χ1) is 10.0. The Morgan fingerprint density at radius 2 is 1.86 bits per heavy atom. The van der Waals surface area contributed by atoms with Crippen LogP contribution in [-0.2, 0) is 4.79 Å². The maximum absolute atomic E-state index is 12.1. The molecule has 2 amide bonds. The van der Waals surface area contributed by atoms with Gasteiger partial charge in [-0.15, -0.1) is 0 Å². The molecule has 0 atom stereocenters. The van der Waals surface area contributed by atoms with Gasteiger partial charge in [0.15, 0.2) is 0 Å². The first-order valence-corrected chi connectivity index (χ1v) is 7.28. The molecule has 1 aliphatic carbocycles. The summed E-state index contributed by atoms with van der Waals surface area (Å²) >= 11 is 0. The minimum atomic E-state index is -0.241. The number of aliphatic hydroxyl groups is 1. The zero-order chi connectivity index (χ0) is 15.4. The highest BCUT2D eigenvalue weighted by Gasteiger charge is 2.31. The lowest BCUT2D eigenvalue weighted by molar-refractivity contribution is -0.131. The number of carbonyl (C=O) groups is 2. The molecule has 0 saturated heterocycles. The molecule has 0 spiro atoms. The lowest BCUT2D eigenvalue weighted by atomic mass is 10.1. The Labute approximate surface area is 125 Å². The van der Waals surface area contributed by atoms with Crippen LogP contribution in [0.1, 0.15) is 34.3 Å². The lowest BCUT2D eigenvalue weighted by Crippen LogP contribution is -2.42. The predicted molar refractivity (Wildman–Crippen MR) is 80.1 cm³/mol. The molecule has 5 nitrogen and oxygen atoms in total. The van der Waals surface area contributed by atoms with Crippen LogP contribution in [0.4, 0.5) is 0 Å². The van der Waals surface area contributed by atoms with Gasteiger partial charge in [-0.3, -0.25) is 9.59 Å². The standard InChI is InChI=1S/C16H22N2O3/c1-11-7-12(2)9-13(8-11)16(21)17-10-15(20)18(5-6-19)14-3-4-14/h7-9,14,19H,3-6,10H2,1-2H3,(H,17,21). The quantitative estimate of drug-likeness (QED) is 0.821. The molecule has 0 radical (unpaired) electrons. The van der Waals surface area contributed by atoms with E-state index >= 15 is 0 Å². The summed E-state index contributed by atoms with van der Waals surface area (Å²) < 4.78 is 0. The van der Waals surface area contributed by atoms with Gasteiger partial charge in [0, 0.05) is 18.2 Å². The van der Waals surface area contributed by atoms with E-state index in [-0.39, 0.29) is 31.0 Å². The molecule has 0 bridgehead atoms. The molecule has 2 rings (SSSR count). The molecule has 0 unspecified atom stereocenters. The topological polar surface area (TPSA) is 69.6 Å². The highest BCUT2D eigenvalue weighted by molar-refractivity contribution is 5.96. The van der Waals surface area contributed by atoms with Gasteiger partial charge >= 0.3 is 0 Å². The average molecular weight is 290 g/mol. The highest BCUT2D eigenvalue weighted by atomic mass is 16.3. The summed E-state index contributed by atoms with van der Waals surface area (Å²) in [6.07, 6.45) is 1.97. The molecular formula is C16H22N2O3. The fourth-order valence-electron chi connectivity index (χ4n) is 2.47. The van der Waals surface area contributed by atoms with Gasteiger partial charge in [-0.05, 0) is 38.8 Å². The number of nitrogens with one attached hydrogen (secondary N) is 1. The average Bonchev–Trinajstić information content (AvgIpc) is 3.25. The number of benzene rings is 1. The van der Waals surface area contributed by atoms with Crippen molar-refractivity contribution in [3.05, 3.63) is 34.9 Å². The van der Waals surface area contributed by atoms with Crippen molar-refractivity contribution < 1.29 is 14.7 Å². The van der Waals surface area contributed by atoms with E-state index in [9.17, 15) is 9.59 Å². The molecule has 5 heteroatoms. The van der Waals surface area contributed by atoms with Crippen LogP contribution in [0.5, 0.6) is 0 Å². The second-order valence-corrected chi connectivity index (χ2v) is 5.60. The van der Waals surface area contributed by atoms with E-state index in [1.807, 2.05) is 19.9 Å². The molecule has 1 aliphatic rings. The molecule has 0 aliphatic heterocycles. The van der Waals surface area contributed by atoms with Crippen LogP contribution < -0.4 is 5.32 Å². The fourth-order valence-corrected chi connectivity index (χ4v) is 2.47. The second-order valence-electron chi connectivity index (χ2n) is 5.60. The number of aliphatic hydroxyl groups excluding tert-OH is 1. The summed E-state index contributed by atoms with van der Waals surface area (Å²) in [5, 5.41) is 11.7. The van der Waals surface area contributed by atoms with Gasteiger partial charge in [-0.2, -0.15) is 0 Å². The van der Waals surface area contributed by atoms with Gasteiger partial charge in [0.1, 0.15) is 0 Å². The van der Waals surface area contributed by atoms with Crippen molar-refractivity contribution >= 4 is 11.8 Å². The van der Waals surface area contributed by atoms with Crippen molar-refractivity contribution in [1.29, 1.82) is 0 Å². The number of nitrogens with zero attached hydrogens (tertiary/aromatic N) is 1. The summed E-state index contributed by atoms with van der Waals surface area (Å²) in [5.74, 6) is -0.376. The zero-order valence-electron chi connectivity index (χ0n) is 12.6. The number of carbonyl (C=O) groups excluding carboxylic acids is 2. The minimum Gasteiger partial charge on any atom is -0.395 e. The molecule has 1 saturated carbocycles. The van der Waals surface area contributed by atoms with Crippen LogP contribution in [0, 0.1) is 13.8 Å². The van der Waals surface area contributed by atoms with Crippen LogP contribution in [-0.4, -0.2) is 47.6 Å². The molecular weight excluding hydrogens is 268 g/mol. The third-order valence-corrected chi connectivity index (χ3v) is 3.53. The number of amides is 2. The SMILES string of the molecule is Cc1cc(C)cc(C(=O)NCC(=O)N(CCO)C2CC2)c1. The smallest absolute Gasteiger partial charge is 0.251 e. The largest absolute Gasteiger partial charge is 0.395 e. The predicted octanol–water partition coefficient (Wildman–Crippen LogP) is 1.02. The van der Waals surface area contributed by atoms with E-state index < -0.39 is 0 Å². The van der Waals surface area contributed by atoms with Gasteiger partial charge in [-0.25, -0.2) is 0 Å². The van der Waals surface area contributed by atoms with Crippen molar-refractivity contribution in [2.75, 3.05) is 19.7 Å². The van der Waals surface area contributed by atoms with Crippen LogP contribution in [0.15, 0.2) is 18.2 Å². The van der Waals surface area contributed by atoms with E-state index in [1.165, 1.54) is 0 Å². The second kappa shape index (κ2) is 6.72. The van der Waals surface area contributed by atoms with Gasteiger partial charge in [0.05, 0.1) is 13.2 Å². The Hall–Kier alpha value is -1.88. The third kappa shape index (κ3) is 4.29. The monoisotopic (exact) mass is 290 g/mol. The van der Waals surface area contributed by atoms with E-state index in [4.69, 9.17) is 5.11 Å². The zero-order valence-corrected chi connectivity index (χ0v) is 12.6. The molecule has 114 valence electrons. The molecule has 1 aromatic rings. The third-order valence-electron chi connectivity index (χ3n) is 3.53. The summed E-state index contributed by atoms with van der Waals surface area (Å²) in [6, 6.07) is 5.85. The van der Waals surface area contributed by atoms with E-state index in [2.05, 4.69) is 5.32 Å². The van der Waals surface area contributed by atoms with Crippen LogP contribution >= 0.6 is 0 Å². The summed E-state index contributed by atoms with van der Waals surface area (Å²) in [6.45, 7) is 4.13. The molecule has 1 aromatic carbocycles. The van der Waals surface area contributed by atoms with E-state index in [0.29, 0.717) is 12.1 Å². The summed E-state index contributed by atoms with van der Waals surface area (Å²) in [5.41, 5.74) is 2.61. The maximum atomic E-state index is 12.1. The van der Waals surface area contributed by atoms with Gasteiger partial charge in [0.25, 0.3) is 5.91 Å². The molecule has 2 N–H and O–H groups in total. The van der Waals surface area contributed by atoms with Crippen LogP contribution in [0.2, 0.25) is 0 Å². The number of hydrogen-bond donors (Lipinski definition) is 2. The summed E-state index contributed by atoms with van der Waals surface area (Å²) in [7, 11) is 0. The van der Waals surface area contributed by atoms with Crippen molar-refractivity contribution in [3.8, 4) is 0 Å². The van der Waals surface area contributed by atoms with E-state index in [0.717, 1.165) is 24.0 Å². The molecule has 1 fully saturated rings. The Morgan fingerprint density at radius 3 is 2.38 bits per heavy atom. The Morgan fingerprint density at radius 1 is 1.24 bits per heavy atom. The van der Waals surface area contributed by atoms with Gasteiger partial charge < -0.3 is 15.3 Å². The summed E-state index contributed by atoms with van der Waals surface area (Å²) in [4.78, 5) is 25.8. The lowest BCUT2D eigenvalue weighted by Gasteiger charge is -2.21. The number of aryl methyl sites for hydroxylation is 2.